The van der Waals surface area contributed by atoms with Crippen LogP contribution in [0.25, 0.3) is 0 Å². The van der Waals surface area contributed by atoms with E-state index in [1.807, 2.05) is 6.92 Å². The van der Waals surface area contributed by atoms with Crippen LogP contribution in [0.4, 0.5) is 0 Å². The molecule has 1 rings (SSSR count). The Morgan fingerprint density at radius 1 is 1.38 bits per heavy atom. The minimum Gasteiger partial charge on any atom is -0.380 e. The van der Waals surface area contributed by atoms with Crippen molar-refractivity contribution >= 4 is 0 Å². The molecule has 1 aliphatic rings. The Kier molecular flexibility index (Phi) is 6.32. The first-order valence-electron chi connectivity index (χ1n) is 6.66. The van der Waals surface area contributed by atoms with Crippen molar-refractivity contribution in [2.75, 3.05) is 33.4 Å². The Hall–Kier alpha value is -0.120. The minimum absolute atomic E-state index is 0.617. The lowest BCUT2D eigenvalue weighted by molar-refractivity contribution is 0.0983. The van der Waals surface area contributed by atoms with Crippen LogP contribution in [0.3, 0.4) is 0 Å². The van der Waals surface area contributed by atoms with E-state index in [1.54, 1.807) is 0 Å². The Morgan fingerprint density at radius 2 is 2.06 bits per heavy atom. The van der Waals surface area contributed by atoms with Crippen LogP contribution >= 0.6 is 0 Å². The van der Waals surface area contributed by atoms with E-state index in [0.717, 1.165) is 32.3 Å². The molecule has 0 aromatic heterocycles. The molecule has 0 aromatic rings. The first kappa shape index (κ1) is 13.9. The average molecular weight is 228 g/mol. The Labute approximate surface area is 101 Å². The normalized spacial score (nSPS) is 20.1. The number of rotatable bonds is 9. The highest BCUT2D eigenvalue weighted by Gasteiger charge is 2.23. The first-order valence-corrected chi connectivity index (χ1v) is 6.66. The number of nitrogens with zero attached hydrogens (tertiary/aromatic N) is 1. The van der Waals surface area contributed by atoms with Crippen LogP contribution in [-0.2, 0) is 4.74 Å². The third-order valence-electron chi connectivity index (χ3n) is 3.62. The predicted molar refractivity (Wildman–Crippen MR) is 68.8 cm³/mol. The van der Waals surface area contributed by atoms with Crippen molar-refractivity contribution in [2.24, 2.45) is 5.92 Å². The van der Waals surface area contributed by atoms with Gasteiger partial charge in [0, 0.05) is 25.2 Å². The molecule has 3 nitrogen and oxygen atoms in total. The lowest BCUT2D eigenvalue weighted by Crippen LogP contribution is -2.40. The zero-order valence-electron chi connectivity index (χ0n) is 11.3. The van der Waals surface area contributed by atoms with Gasteiger partial charge in [-0.05, 0) is 46.2 Å². The van der Waals surface area contributed by atoms with Gasteiger partial charge in [0.2, 0.25) is 0 Å². The Morgan fingerprint density at radius 3 is 2.62 bits per heavy atom. The van der Waals surface area contributed by atoms with Crippen LogP contribution in [0.2, 0.25) is 0 Å². The molecule has 0 aliphatic heterocycles. The summed E-state index contributed by atoms with van der Waals surface area (Å²) in [5, 5.41) is 3.60. The standard InChI is InChI=1S/C13H28N2O/c1-5-16-9-8-15(4)12(3)11(2)10-14-13-6-7-13/h11-14H,5-10H2,1-4H3. The van der Waals surface area contributed by atoms with Crippen LogP contribution in [0.15, 0.2) is 0 Å². The maximum atomic E-state index is 5.38. The average Bonchev–Trinajstić information content (AvgIpc) is 3.08. The van der Waals surface area contributed by atoms with Crippen molar-refractivity contribution in [3.05, 3.63) is 0 Å². The Bertz CT molecular complexity index is 183. The van der Waals surface area contributed by atoms with Gasteiger partial charge in [0.25, 0.3) is 0 Å². The maximum absolute atomic E-state index is 5.38. The van der Waals surface area contributed by atoms with Crippen molar-refractivity contribution in [3.8, 4) is 0 Å². The summed E-state index contributed by atoms with van der Waals surface area (Å²) in [4.78, 5) is 2.40. The number of nitrogens with one attached hydrogen (secondary N) is 1. The molecule has 1 saturated carbocycles. The summed E-state index contributed by atoms with van der Waals surface area (Å²) < 4.78 is 5.38. The van der Waals surface area contributed by atoms with Crippen molar-refractivity contribution < 1.29 is 4.74 Å². The number of hydrogen-bond donors (Lipinski definition) is 1. The first-order chi connectivity index (χ1) is 7.65. The molecule has 2 atom stereocenters. The number of hydrogen-bond acceptors (Lipinski definition) is 3. The van der Waals surface area contributed by atoms with Gasteiger partial charge in [-0.1, -0.05) is 6.92 Å². The molecule has 3 heteroatoms. The molecule has 0 aromatic carbocycles. The monoisotopic (exact) mass is 228 g/mol. The summed E-state index contributed by atoms with van der Waals surface area (Å²) >= 11 is 0. The van der Waals surface area contributed by atoms with E-state index < -0.39 is 0 Å². The van der Waals surface area contributed by atoms with Gasteiger partial charge in [0.1, 0.15) is 0 Å². The molecule has 1 aliphatic carbocycles. The molecule has 96 valence electrons. The fourth-order valence-electron chi connectivity index (χ4n) is 1.80. The van der Waals surface area contributed by atoms with E-state index in [4.69, 9.17) is 4.74 Å². The second-order valence-electron chi connectivity index (χ2n) is 5.08. The van der Waals surface area contributed by atoms with Crippen LogP contribution < -0.4 is 5.32 Å². The van der Waals surface area contributed by atoms with Gasteiger partial charge in [-0.15, -0.1) is 0 Å². The number of ether oxygens (including phenoxy) is 1. The highest BCUT2D eigenvalue weighted by atomic mass is 16.5. The third-order valence-corrected chi connectivity index (χ3v) is 3.62. The van der Waals surface area contributed by atoms with Crippen molar-refractivity contribution in [1.29, 1.82) is 0 Å². The van der Waals surface area contributed by atoms with Crippen molar-refractivity contribution in [1.82, 2.24) is 10.2 Å². The molecule has 16 heavy (non-hydrogen) atoms. The van der Waals surface area contributed by atoms with Gasteiger partial charge in [0.15, 0.2) is 0 Å². The maximum Gasteiger partial charge on any atom is 0.0593 e. The summed E-state index contributed by atoms with van der Waals surface area (Å²) in [5.74, 6) is 0.701. The van der Waals surface area contributed by atoms with Gasteiger partial charge in [0.05, 0.1) is 6.61 Å². The van der Waals surface area contributed by atoms with E-state index >= 15 is 0 Å². The van der Waals surface area contributed by atoms with E-state index in [0.29, 0.717) is 12.0 Å². The van der Waals surface area contributed by atoms with Gasteiger partial charge in [-0.2, -0.15) is 0 Å². The fourth-order valence-corrected chi connectivity index (χ4v) is 1.80. The van der Waals surface area contributed by atoms with Crippen LogP contribution in [0.5, 0.6) is 0 Å². The lowest BCUT2D eigenvalue weighted by Gasteiger charge is -2.30. The van der Waals surface area contributed by atoms with Crippen LogP contribution in [-0.4, -0.2) is 50.3 Å². The minimum atomic E-state index is 0.617. The van der Waals surface area contributed by atoms with E-state index in [1.165, 1.54) is 12.8 Å². The summed E-state index contributed by atoms with van der Waals surface area (Å²) in [5.41, 5.74) is 0. The molecule has 0 saturated heterocycles. The quantitative estimate of drug-likeness (QED) is 0.608. The van der Waals surface area contributed by atoms with Crippen LogP contribution in [0, 0.1) is 5.92 Å². The van der Waals surface area contributed by atoms with Gasteiger partial charge in [-0.25, -0.2) is 0 Å². The molecule has 0 heterocycles. The van der Waals surface area contributed by atoms with Crippen molar-refractivity contribution in [2.45, 2.75) is 45.7 Å². The topological polar surface area (TPSA) is 24.5 Å². The van der Waals surface area contributed by atoms with Gasteiger partial charge in [-0.3, -0.25) is 0 Å². The second-order valence-corrected chi connectivity index (χ2v) is 5.08. The largest absolute Gasteiger partial charge is 0.380 e. The van der Waals surface area contributed by atoms with Gasteiger partial charge < -0.3 is 15.0 Å². The third kappa shape index (κ3) is 5.28. The van der Waals surface area contributed by atoms with E-state index in [9.17, 15) is 0 Å². The molecular formula is C13H28N2O. The molecule has 1 fully saturated rings. The fraction of sp³-hybridized carbons (Fsp3) is 1.00. The summed E-state index contributed by atoms with van der Waals surface area (Å²) in [7, 11) is 2.19. The van der Waals surface area contributed by atoms with E-state index in [2.05, 4.69) is 31.1 Å². The Balaban J connectivity index is 2.11. The molecule has 0 spiro atoms. The van der Waals surface area contributed by atoms with Crippen molar-refractivity contribution in [3.63, 3.8) is 0 Å². The van der Waals surface area contributed by atoms with Crippen LogP contribution in [0.1, 0.15) is 33.6 Å². The smallest absolute Gasteiger partial charge is 0.0593 e. The molecule has 1 N–H and O–H groups in total. The zero-order chi connectivity index (χ0) is 12.0. The molecule has 2 unspecified atom stereocenters. The highest BCUT2D eigenvalue weighted by Crippen LogP contribution is 2.19. The molecular weight excluding hydrogens is 200 g/mol. The molecule has 0 radical (unpaired) electrons. The lowest BCUT2D eigenvalue weighted by atomic mass is 10.0. The summed E-state index contributed by atoms with van der Waals surface area (Å²) in [6.45, 7) is 10.5. The molecule has 0 bridgehead atoms. The predicted octanol–water partition coefficient (Wildman–Crippen LogP) is 1.73. The zero-order valence-corrected chi connectivity index (χ0v) is 11.3. The summed E-state index contributed by atoms with van der Waals surface area (Å²) in [6.07, 6.45) is 2.75. The van der Waals surface area contributed by atoms with E-state index in [-0.39, 0.29) is 0 Å². The molecule has 0 amide bonds. The SMILES string of the molecule is CCOCCN(C)C(C)C(C)CNC1CC1. The second kappa shape index (κ2) is 7.25. The number of likely N-dealkylation sites (N-methyl/N-ethyl adjacent to an activating group) is 1. The summed E-state index contributed by atoms with van der Waals surface area (Å²) in [6, 6.07) is 1.44. The highest BCUT2D eigenvalue weighted by molar-refractivity contribution is 4.83. The van der Waals surface area contributed by atoms with Gasteiger partial charge >= 0.3 is 0 Å².